The van der Waals surface area contributed by atoms with E-state index in [-0.39, 0.29) is 12.1 Å². The Morgan fingerprint density at radius 3 is 2.29 bits per heavy atom. The maximum absolute atomic E-state index is 12.8. The van der Waals surface area contributed by atoms with Crippen molar-refractivity contribution in [3.63, 3.8) is 0 Å². The van der Waals surface area contributed by atoms with E-state index in [9.17, 15) is 13.2 Å². The van der Waals surface area contributed by atoms with E-state index >= 15 is 0 Å². The monoisotopic (exact) mass is 295 g/mol. The minimum atomic E-state index is -4.32. The van der Waals surface area contributed by atoms with E-state index in [0.29, 0.717) is 13.2 Å². The maximum atomic E-state index is 12.8. The topological polar surface area (TPSA) is 21.3 Å². The number of halogens is 3. The fourth-order valence-corrected chi connectivity index (χ4v) is 1.93. The molecule has 2 rings (SSSR count). The van der Waals surface area contributed by atoms with Crippen LogP contribution in [-0.4, -0.2) is 13.2 Å². The molecule has 0 spiro atoms. The van der Waals surface area contributed by atoms with Crippen molar-refractivity contribution < 1.29 is 17.9 Å². The largest absolute Gasteiger partial charge is 0.492 e. The zero-order chi connectivity index (χ0) is 15.1. The quantitative estimate of drug-likeness (QED) is 0.817. The Morgan fingerprint density at radius 2 is 1.57 bits per heavy atom. The van der Waals surface area contributed by atoms with Gasteiger partial charge in [0.05, 0.1) is 5.56 Å². The van der Waals surface area contributed by atoms with Crippen LogP contribution in [0.5, 0.6) is 5.75 Å². The summed E-state index contributed by atoms with van der Waals surface area (Å²) < 4.78 is 43.8. The third-order valence-electron chi connectivity index (χ3n) is 2.93. The molecule has 0 atom stereocenters. The first kappa shape index (κ1) is 15.4. The van der Waals surface area contributed by atoms with Crippen molar-refractivity contribution in [1.82, 2.24) is 5.32 Å². The lowest BCUT2D eigenvalue weighted by Crippen LogP contribution is -2.22. The van der Waals surface area contributed by atoms with Crippen molar-refractivity contribution in [1.29, 1.82) is 0 Å². The van der Waals surface area contributed by atoms with Gasteiger partial charge in [-0.05, 0) is 23.8 Å². The molecule has 0 unspecified atom stereocenters. The summed E-state index contributed by atoms with van der Waals surface area (Å²) >= 11 is 0. The van der Waals surface area contributed by atoms with E-state index in [4.69, 9.17) is 4.74 Å². The van der Waals surface area contributed by atoms with Gasteiger partial charge >= 0.3 is 6.18 Å². The average Bonchev–Trinajstić information content (AvgIpc) is 2.47. The van der Waals surface area contributed by atoms with E-state index in [2.05, 4.69) is 5.32 Å². The lowest BCUT2D eigenvalue weighted by molar-refractivity contribution is -0.138. The molecule has 2 nitrogen and oxygen atoms in total. The minimum Gasteiger partial charge on any atom is -0.492 e. The highest BCUT2D eigenvalue weighted by Gasteiger charge is 2.32. The first-order valence-electron chi connectivity index (χ1n) is 6.61. The molecular weight excluding hydrogens is 279 g/mol. The summed E-state index contributed by atoms with van der Waals surface area (Å²) in [5, 5.41) is 2.96. The Morgan fingerprint density at radius 1 is 0.905 bits per heavy atom. The van der Waals surface area contributed by atoms with Crippen molar-refractivity contribution >= 4 is 0 Å². The lowest BCUT2D eigenvalue weighted by atomic mass is 10.1. The number of ether oxygens (including phenoxy) is 1. The minimum absolute atomic E-state index is 0.161. The summed E-state index contributed by atoms with van der Waals surface area (Å²) in [5.41, 5.74) is -0.355. The first-order valence-corrected chi connectivity index (χ1v) is 6.61. The second-order valence-electron chi connectivity index (χ2n) is 4.49. The summed E-state index contributed by atoms with van der Waals surface area (Å²) in [4.78, 5) is 0. The molecule has 2 aromatic carbocycles. The van der Waals surface area contributed by atoms with Gasteiger partial charge < -0.3 is 10.1 Å². The van der Waals surface area contributed by atoms with Crippen LogP contribution in [0.2, 0.25) is 0 Å². The molecule has 2 aromatic rings. The maximum Gasteiger partial charge on any atom is 0.416 e. The summed E-state index contributed by atoms with van der Waals surface area (Å²) in [7, 11) is 0. The van der Waals surface area contributed by atoms with Gasteiger partial charge in [0.1, 0.15) is 12.4 Å². The smallest absolute Gasteiger partial charge is 0.416 e. The zero-order valence-electron chi connectivity index (χ0n) is 11.4. The molecular formula is C16H16F3NO. The van der Waals surface area contributed by atoms with Gasteiger partial charge in [-0.1, -0.05) is 36.4 Å². The van der Waals surface area contributed by atoms with Crippen LogP contribution in [0, 0.1) is 0 Å². The van der Waals surface area contributed by atoms with Gasteiger partial charge in [0.15, 0.2) is 0 Å². The molecule has 112 valence electrons. The van der Waals surface area contributed by atoms with Crippen LogP contribution in [0.3, 0.4) is 0 Å². The summed E-state index contributed by atoms with van der Waals surface area (Å²) in [6.07, 6.45) is -4.32. The Bertz CT molecular complexity index is 555. The van der Waals surface area contributed by atoms with Gasteiger partial charge in [0.2, 0.25) is 0 Å². The van der Waals surface area contributed by atoms with Crippen molar-refractivity contribution in [2.75, 3.05) is 13.2 Å². The molecule has 0 amide bonds. The number of alkyl halides is 3. The molecule has 0 fully saturated rings. The molecule has 5 heteroatoms. The van der Waals surface area contributed by atoms with Crippen molar-refractivity contribution in [3.8, 4) is 5.75 Å². The van der Waals surface area contributed by atoms with E-state index in [1.807, 2.05) is 30.3 Å². The Labute approximate surface area is 121 Å². The van der Waals surface area contributed by atoms with Crippen LogP contribution >= 0.6 is 0 Å². The van der Waals surface area contributed by atoms with Gasteiger partial charge in [-0.15, -0.1) is 0 Å². The van der Waals surface area contributed by atoms with Crippen LogP contribution in [0.4, 0.5) is 13.2 Å². The van der Waals surface area contributed by atoms with Crippen molar-refractivity contribution in [3.05, 3.63) is 65.7 Å². The van der Waals surface area contributed by atoms with Crippen molar-refractivity contribution in [2.45, 2.75) is 12.7 Å². The van der Waals surface area contributed by atoms with Crippen molar-refractivity contribution in [2.24, 2.45) is 0 Å². The molecule has 0 aliphatic heterocycles. The molecule has 0 saturated heterocycles. The Hall–Kier alpha value is -2.01. The number of para-hydroxylation sites is 1. The highest BCUT2D eigenvalue weighted by Crippen LogP contribution is 2.31. The molecule has 0 aliphatic carbocycles. The van der Waals surface area contributed by atoms with Gasteiger partial charge in [0, 0.05) is 13.1 Å². The third kappa shape index (κ3) is 4.79. The van der Waals surface area contributed by atoms with E-state index in [0.717, 1.165) is 11.8 Å². The number of benzene rings is 2. The number of rotatable bonds is 6. The lowest BCUT2D eigenvalue weighted by Gasteiger charge is -2.13. The number of hydrogen-bond donors (Lipinski definition) is 1. The van der Waals surface area contributed by atoms with Gasteiger partial charge in [-0.2, -0.15) is 13.2 Å². The SMILES string of the molecule is FC(F)(F)c1ccccc1CNCCOc1ccccc1. The number of nitrogens with one attached hydrogen (secondary N) is 1. The highest BCUT2D eigenvalue weighted by atomic mass is 19.4. The molecule has 0 heterocycles. The number of hydrogen-bond acceptors (Lipinski definition) is 2. The predicted molar refractivity (Wildman–Crippen MR) is 75.1 cm³/mol. The van der Waals surface area contributed by atoms with Crippen LogP contribution < -0.4 is 10.1 Å². The van der Waals surface area contributed by atoms with Crippen LogP contribution in [0.1, 0.15) is 11.1 Å². The second-order valence-corrected chi connectivity index (χ2v) is 4.49. The average molecular weight is 295 g/mol. The summed E-state index contributed by atoms with van der Waals surface area (Å²) in [6, 6.07) is 14.9. The normalized spacial score (nSPS) is 11.4. The van der Waals surface area contributed by atoms with Crippen LogP contribution in [-0.2, 0) is 12.7 Å². The van der Waals surface area contributed by atoms with Gasteiger partial charge in [-0.3, -0.25) is 0 Å². The second kappa shape index (κ2) is 7.13. The fourth-order valence-electron chi connectivity index (χ4n) is 1.93. The fraction of sp³-hybridized carbons (Fsp3) is 0.250. The summed E-state index contributed by atoms with van der Waals surface area (Å²) in [5.74, 6) is 0.745. The third-order valence-corrected chi connectivity index (χ3v) is 2.93. The molecule has 0 bridgehead atoms. The Kier molecular flexibility index (Phi) is 5.22. The predicted octanol–water partition coefficient (Wildman–Crippen LogP) is 3.87. The zero-order valence-corrected chi connectivity index (χ0v) is 11.4. The molecule has 0 radical (unpaired) electrons. The molecule has 0 aromatic heterocycles. The van der Waals surface area contributed by atoms with E-state index in [1.54, 1.807) is 6.07 Å². The van der Waals surface area contributed by atoms with Gasteiger partial charge in [-0.25, -0.2) is 0 Å². The van der Waals surface area contributed by atoms with Crippen LogP contribution in [0.15, 0.2) is 54.6 Å². The first-order chi connectivity index (χ1) is 10.1. The highest BCUT2D eigenvalue weighted by molar-refractivity contribution is 5.29. The Balaban J connectivity index is 1.79. The van der Waals surface area contributed by atoms with Gasteiger partial charge in [0.25, 0.3) is 0 Å². The van der Waals surface area contributed by atoms with E-state index in [1.165, 1.54) is 12.1 Å². The van der Waals surface area contributed by atoms with E-state index < -0.39 is 11.7 Å². The summed E-state index contributed by atoms with van der Waals surface area (Å²) in [6.45, 7) is 1.03. The molecule has 0 aliphatic rings. The molecule has 0 saturated carbocycles. The van der Waals surface area contributed by atoms with Crippen LogP contribution in [0.25, 0.3) is 0 Å². The molecule has 21 heavy (non-hydrogen) atoms. The molecule has 1 N–H and O–H groups in total. The standard InChI is InChI=1S/C16H16F3NO/c17-16(18,19)15-9-5-4-6-13(15)12-20-10-11-21-14-7-2-1-3-8-14/h1-9,20H,10-12H2.